The summed E-state index contributed by atoms with van der Waals surface area (Å²) in [6.45, 7) is 3.06. The van der Waals surface area contributed by atoms with Gasteiger partial charge in [0.05, 0.1) is 21.3 Å². The predicted molar refractivity (Wildman–Crippen MR) is 106 cm³/mol. The fourth-order valence-electron chi connectivity index (χ4n) is 3.29. The Morgan fingerprint density at radius 3 is 2.15 bits per heavy atom. The highest BCUT2D eigenvalue weighted by Gasteiger charge is 2.18. The Labute approximate surface area is 154 Å². The van der Waals surface area contributed by atoms with Crippen molar-refractivity contribution in [2.75, 3.05) is 32.8 Å². The molecule has 1 aromatic heterocycles. The molecule has 1 heterocycles. The van der Waals surface area contributed by atoms with Gasteiger partial charge in [-0.25, -0.2) is 0 Å². The second kappa shape index (κ2) is 7.60. The summed E-state index contributed by atoms with van der Waals surface area (Å²) in [5.41, 5.74) is 3.37. The third-order valence-corrected chi connectivity index (χ3v) is 4.59. The van der Waals surface area contributed by atoms with Crippen molar-refractivity contribution >= 4 is 22.3 Å². The fourth-order valence-corrected chi connectivity index (χ4v) is 3.29. The molecule has 5 nitrogen and oxygen atoms in total. The van der Waals surface area contributed by atoms with Crippen molar-refractivity contribution in [3.8, 4) is 17.2 Å². The van der Waals surface area contributed by atoms with Gasteiger partial charge in [-0.05, 0) is 30.7 Å². The zero-order chi connectivity index (χ0) is 18.7. The van der Waals surface area contributed by atoms with Crippen LogP contribution >= 0.6 is 0 Å². The summed E-state index contributed by atoms with van der Waals surface area (Å²) in [5, 5.41) is 1.22. The van der Waals surface area contributed by atoms with Crippen molar-refractivity contribution in [3.05, 3.63) is 42.6 Å². The minimum atomic E-state index is 0.605. The Bertz CT molecular complexity index is 876. The molecule has 0 unspecified atom stereocenters. The Morgan fingerprint density at radius 1 is 0.885 bits per heavy atom. The van der Waals surface area contributed by atoms with Gasteiger partial charge in [-0.3, -0.25) is 0 Å². The van der Waals surface area contributed by atoms with Gasteiger partial charge in [0.25, 0.3) is 0 Å². The van der Waals surface area contributed by atoms with E-state index in [0.29, 0.717) is 17.2 Å². The molecule has 0 fully saturated rings. The Balaban J connectivity index is 2.11. The first kappa shape index (κ1) is 18.0. The average molecular weight is 354 g/mol. The first-order chi connectivity index (χ1) is 12.6. The van der Waals surface area contributed by atoms with Crippen molar-refractivity contribution in [1.29, 1.82) is 0 Å². The quantitative estimate of drug-likeness (QED) is 0.613. The van der Waals surface area contributed by atoms with Crippen molar-refractivity contribution in [1.82, 2.24) is 4.57 Å². The van der Waals surface area contributed by atoms with Crippen LogP contribution in [0.2, 0.25) is 0 Å². The molecular formula is C21H26N2O3. The van der Waals surface area contributed by atoms with Crippen LogP contribution in [0.1, 0.15) is 13.3 Å². The SMILES string of the molecule is CCCN(c1cc(OC)c(OC)c(OC)c1)c1ccc2c(ccn2C)c1. The molecular weight excluding hydrogens is 328 g/mol. The van der Waals surface area contributed by atoms with Crippen LogP contribution < -0.4 is 19.1 Å². The van der Waals surface area contributed by atoms with Crippen LogP contribution in [-0.4, -0.2) is 32.4 Å². The molecule has 0 aliphatic carbocycles. The number of ether oxygens (including phenoxy) is 3. The third-order valence-electron chi connectivity index (χ3n) is 4.59. The molecule has 5 heteroatoms. The number of fused-ring (bicyclic) bond motifs is 1. The summed E-state index contributed by atoms with van der Waals surface area (Å²) in [5.74, 6) is 1.92. The molecule has 0 atom stereocenters. The van der Waals surface area contributed by atoms with E-state index in [9.17, 15) is 0 Å². The summed E-state index contributed by atoms with van der Waals surface area (Å²) in [7, 11) is 6.96. The lowest BCUT2D eigenvalue weighted by molar-refractivity contribution is 0.324. The Morgan fingerprint density at radius 2 is 1.58 bits per heavy atom. The molecule has 0 radical (unpaired) electrons. The summed E-state index contributed by atoms with van der Waals surface area (Å²) >= 11 is 0. The number of hydrogen-bond donors (Lipinski definition) is 0. The zero-order valence-electron chi connectivity index (χ0n) is 16.1. The molecule has 2 aromatic carbocycles. The lowest BCUT2D eigenvalue weighted by Gasteiger charge is -2.26. The lowest BCUT2D eigenvalue weighted by atomic mass is 10.1. The van der Waals surface area contributed by atoms with Crippen LogP contribution in [0.4, 0.5) is 11.4 Å². The smallest absolute Gasteiger partial charge is 0.203 e. The van der Waals surface area contributed by atoms with Gasteiger partial charge < -0.3 is 23.7 Å². The molecule has 0 saturated carbocycles. The van der Waals surface area contributed by atoms with Gasteiger partial charge in [-0.2, -0.15) is 0 Å². The Kier molecular flexibility index (Phi) is 5.26. The second-order valence-corrected chi connectivity index (χ2v) is 6.20. The van der Waals surface area contributed by atoms with Crippen LogP contribution in [0.25, 0.3) is 10.9 Å². The van der Waals surface area contributed by atoms with Crippen LogP contribution in [0.5, 0.6) is 17.2 Å². The summed E-state index contributed by atoms with van der Waals surface area (Å²) < 4.78 is 18.6. The van der Waals surface area contributed by atoms with Gasteiger partial charge in [0.15, 0.2) is 11.5 Å². The largest absolute Gasteiger partial charge is 0.493 e. The number of nitrogens with zero attached hydrogens (tertiary/aromatic N) is 2. The second-order valence-electron chi connectivity index (χ2n) is 6.20. The molecule has 0 spiro atoms. The highest BCUT2D eigenvalue weighted by molar-refractivity contribution is 5.85. The average Bonchev–Trinajstić information content (AvgIpc) is 3.05. The van der Waals surface area contributed by atoms with E-state index >= 15 is 0 Å². The summed E-state index contributed by atoms with van der Waals surface area (Å²) in [6, 6.07) is 12.7. The molecule has 0 bridgehead atoms. The number of aryl methyl sites for hydroxylation is 1. The van der Waals surface area contributed by atoms with E-state index in [1.54, 1.807) is 21.3 Å². The summed E-state index contributed by atoms with van der Waals surface area (Å²) in [6.07, 6.45) is 3.10. The van der Waals surface area contributed by atoms with Crippen LogP contribution in [0.3, 0.4) is 0 Å². The number of hydrogen-bond acceptors (Lipinski definition) is 4. The number of benzene rings is 2. The van der Waals surface area contributed by atoms with E-state index < -0.39 is 0 Å². The monoisotopic (exact) mass is 354 g/mol. The van der Waals surface area contributed by atoms with Crippen LogP contribution in [-0.2, 0) is 7.05 Å². The molecule has 0 saturated heterocycles. The summed E-state index contributed by atoms with van der Waals surface area (Å²) in [4.78, 5) is 2.27. The van der Waals surface area contributed by atoms with Gasteiger partial charge in [0, 0.05) is 54.2 Å². The molecule has 3 rings (SSSR count). The molecule has 138 valence electrons. The normalized spacial score (nSPS) is 10.8. The molecule has 26 heavy (non-hydrogen) atoms. The highest BCUT2D eigenvalue weighted by atomic mass is 16.5. The maximum absolute atomic E-state index is 5.52. The van der Waals surface area contributed by atoms with E-state index in [2.05, 4.69) is 53.9 Å². The van der Waals surface area contributed by atoms with E-state index in [1.165, 1.54) is 10.9 Å². The Hall–Kier alpha value is -2.82. The predicted octanol–water partition coefficient (Wildman–Crippen LogP) is 4.75. The van der Waals surface area contributed by atoms with Crippen molar-refractivity contribution < 1.29 is 14.2 Å². The minimum Gasteiger partial charge on any atom is -0.493 e. The van der Waals surface area contributed by atoms with Crippen LogP contribution in [0.15, 0.2) is 42.6 Å². The van der Waals surface area contributed by atoms with Crippen molar-refractivity contribution in [3.63, 3.8) is 0 Å². The third kappa shape index (κ3) is 3.17. The number of aromatic nitrogens is 1. The molecule has 0 aliphatic rings. The van der Waals surface area contributed by atoms with Gasteiger partial charge in [0.2, 0.25) is 5.75 Å². The van der Waals surface area contributed by atoms with E-state index in [-0.39, 0.29) is 0 Å². The van der Waals surface area contributed by atoms with Gasteiger partial charge >= 0.3 is 0 Å². The number of rotatable bonds is 7. The standard InChI is InChI=1S/C21H26N2O3/c1-6-10-23(16-7-8-18-15(12-16)9-11-22(18)2)17-13-19(24-3)21(26-5)20(14-17)25-4/h7-9,11-14H,6,10H2,1-5H3. The number of anilines is 2. The number of methoxy groups -OCH3 is 3. The van der Waals surface area contributed by atoms with Crippen LogP contribution in [0, 0.1) is 0 Å². The van der Waals surface area contributed by atoms with E-state index in [0.717, 1.165) is 24.3 Å². The minimum absolute atomic E-state index is 0.605. The van der Waals surface area contributed by atoms with E-state index in [4.69, 9.17) is 14.2 Å². The van der Waals surface area contributed by atoms with Gasteiger partial charge in [-0.1, -0.05) is 6.92 Å². The molecule has 3 aromatic rings. The lowest BCUT2D eigenvalue weighted by Crippen LogP contribution is -2.18. The topological polar surface area (TPSA) is 35.9 Å². The molecule has 0 aliphatic heterocycles. The fraction of sp³-hybridized carbons (Fsp3) is 0.333. The van der Waals surface area contributed by atoms with Gasteiger partial charge in [-0.15, -0.1) is 0 Å². The highest BCUT2D eigenvalue weighted by Crippen LogP contribution is 2.42. The van der Waals surface area contributed by atoms with Crippen molar-refractivity contribution in [2.45, 2.75) is 13.3 Å². The van der Waals surface area contributed by atoms with E-state index in [1.807, 2.05) is 12.1 Å². The zero-order valence-corrected chi connectivity index (χ0v) is 16.1. The van der Waals surface area contributed by atoms with Crippen molar-refractivity contribution in [2.24, 2.45) is 7.05 Å². The maximum atomic E-state index is 5.52. The first-order valence-electron chi connectivity index (χ1n) is 8.75. The van der Waals surface area contributed by atoms with Gasteiger partial charge in [0.1, 0.15) is 0 Å². The molecule has 0 amide bonds. The molecule has 0 N–H and O–H groups in total. The maximum Gasteiger partial charge on any atom is 0.203 e. The first-order valence-corrected chi connectivity index (χ1v) is 8.75.